The van der Waals surface area contributed by atoms with Crippen molar-refractivity contribution in [1.82, 2.24) is 0 Å². The SMILES string of the molecule is Cc1ccc(N2C(=O)CSC2c2cccc(NS(=O)(=O)c3ccc(F)cc3)c2)cc1C. The second-order valence-corrected chi connectivity index (χ2v) is 10.1. The van der Waals surface area contributed by atoms with Gasteiger partial charge in [0.25, 0.3) is 10.0 Å². The maximum atomic E-state index is 13.1. The highest BCUT2D eigenvalue weighted by molar-refractivity contribution is 8.00. The van der Waals surface area contributed by atoms with Gasteiger partial charge in [0.15, 0.2) is 0 Å². The van der Waals surface area contributed by atoms with Gasteiger partial charge in [0.1, 0.15) is 11.2 Å². The number of halogens is 1. The second-order valence-electron chi connectivity index (χ2n) is 7.38. The quantitative estimate of drug-likeness (QED) is 0.585. The molecule has 0 bridgehead atoms. The van der Waals surface area contributed by atoms with Crippen molar-refractivity contribution >= 4 is 39.1 Å². The van der Waals surface area contributed by atoms with E-state index in [2.05, 4.69) is 4.72 Å². The lowest BCUT2D eigenvalue weighted by molar-refractivity contribution is -0.115. The first-order chi connectivity index (χ1) is 14.7. The van der Waals surface area contributed by atoms with E-state index in [1.165, 1.54) is 23.9 Å². The monoisotopic (exact) mass is 456 g/mol. The van der Waals surface area contributed by atoms with Crippen LogP contribution >= 0.6 is 11.8 Å². The van der Waals surface area contributed by atoms with Crippen LogP contribution < -0.4 is 9.62 Å². The van der Waals surface area contributed by atoms with Crippen molar-refractivity contribution in [1.29, 1.82) is 0 Å². The Morgan fingerprint density at radius 2 is 1.74 bits per heavy atom. The van der Waals surface area contributed by atoms with Gasteiger partial charge in [-0.2, -0.15) is 0 Å². The van der Waals surface area contributed by atoms with Gasteiger partial charge in [-0.1, -0.05) is 18.2 Å². The number of carbonyl (C=O) groups is 1. The summed E-state index contributed by atoms with van der Waals surface area (Å²) in [5, 5.41) is -0.259. The molecule has 0 aliphatic carbocycles. The number of amides is 1. The molecule has 1 aliphatic heterocycles. The molecule has 1 heterocycles. The first-order valence-corrected chi connectivity index (χ1v) is 12.2. The molecular weight excluding hydrogens is 435 g/mol. The third-order valence-corrected chi connectivity index (χ3v) is 7.79. The Balaban J connectivity index is 1.63. The smallest absolute Gasteiger partial charge is 0.261 e. The van der Waals surface area contributed by atoms with Gasteiger partial charge in [0, 0.05) is 11.4 Å². The predicted octanol–water partition coefficient (Wildman–Crippen LogP) is 5.02. The molecule has 1 atom stereocenters. The number of carbonyl (C=O) groups excluding carboxylic acids is 1. The van der Waals surface area contributed by atoms with Crippen molar-refractivity contribution in [2.45, 2.75) is 24.1 Å². The fourth-order valence-electron chi connectivity index (χ4n) is 3.41. The van der Waals surface area contributed by atoms with Gasteiger partial charge < -0.3 is 0 Å². The van der Waals surface area contributed by atoms with E-state index in [1.807, 2.05) is 38.1 Å². The highest BCUT2D eigenvalue weighted by atomic mass is 32.2. The standard InChI is InChI=1S/C23H21FN2O3S2/c1-15-6-9-20(12-16(15)2)26-22(27)14-30-23(26)17-4-3-5-19(13-17)25-31(28,29)21-10-7-18(24)8-11-21/h3-13,23,25H,14H2,1-2H3. The minimum atomic E-state index is -3.86. The molecule has 160 valence electrons. The molecule has 0 spiro atoms. The first kappa shape index (κ1) is 21.4. The fraction of sp³-hybridized carbons (Fsp3) is 0.174. The van der Waals surface area contributed by atoms with Gasteiger partial charge in [-0.25, -0.2) is 12.8 Å². The van der Waals surface area contributed by atoms with E-state index in [0.717, 1.165) is 34.5 Å². The number of hydrogen-bond acceptors (Lipinski definition) is 4. The van der Waals surface area contributed by atoms with Crippen LogP contribution in [-0.4, -0.2) is 20.1 Å². The van der Waals surface area contributed by atoms with Crippen molar-refractivity contribution in [2.75, 3.05) is 15.4 Å². The molecule has 1 unspecified atom stereocenters. The van der Waals surface area contributed by atoms with Crippen LogP contribution in [0.15, 0.2) is 71.6 Å². The number of benzene rings is 3. The van der Waals surface area contributed by atoms with E-state index in [1.54, 1.807) is 23.1 Å². The van der Waals surface area contributed by atoms with Crippen LogP contribution in [0.1, 0.15) is 22.1 Å². The number of rotatable bonds is 5. The van der Waals surface area contributed by atoms with Crippen LogP contribution in [0.3, 0.4) is 0 Å². The van der Waals surface area contributed by atoms with Crippen LogP contribution in [0, 0.1) is 19.7 Å². The van der Waals surface area contributed by atoms with Crippen molar-refractivity contribution in [3.63, 3.8) is 0 Å². The van der Waals surface area contributed by atoms with E-state index in [9.17, 15) is 17.6 Å². The lowest BCUT2D eigenvalue weighted by Crippen LogP contribution is -2.28. The number of hydrogen-bond donors (Lipinski definition) is 1. The Hall–Kier alpha value is -2.84. The summed E-state index contributed by atoms with van der Waals surface area (Å²) in [6, 6.07) is 17.6. The third-order valence-electron chi connectivity index (χ3n) is 5.18. The van der Waals surface area contributed by atoms with Gasteiger partial charge in [-0.3, -0.25) is 14.4 Å². The molecule has 1 saturated heterocycles. The molecule has 4 rings (SSSR count). The van der Waals surface area contributed by atoms with Crippen molar-refractivity contribution in [2.24, 2.45) is 0 Å². The maximum Gasteiger partial charge on any atom is 0.261 e. The zero-order valence-electron chi connectivity index (χ0n) is 17.0. The van der Waals surface area contributed by atoms with Crippen LogP contribution in [0.4, 0.5) is 15.8 Å². The summed E-state index contributed by atoms with van der Waals surface area (Å²) in [5.74, 6) is -0.144. The summed E-state index contributed by atoms with van der Waals surface area (Å²) in [6.07, 6.45) is 0. The number of sulfonamides is 1. The van der Waals surface area contributed by atoms with E-state index >= 15 is 0 Å². The summed E-state index contributed by atoms with van der Waals surface area (Å²) in [6.45, 7) is 4.03. The lowest BCUT2D eigenvalue weighted by Gasteiger charge is -2.25. The number of thioether (sulfide) groups is 1. The summed E-state index contributed by atoms with van der Waals surface area (Å²) >= 11 is 1.50. The third kappa shape index (κ3) is 4.45. The first-order valence-electron chi connectivity index (χ1n) is 9.64. The van der Waals surface area contributed by atoms with Crippen LogP contribution in [-0.2, 0) is 14.8 Å². The molecule has 31 heavy (non-hydrogen) atoms. The zero-order valence-corrected chi connectivity index (χ0v) is 18.6. The van der Waals surface area contributed by atoms with Crippen LogP contribution in [0.25, 0.3) is 0 Å². The number of aryl methyl sites for hydroxylation is 2. The zero-order chi connectivity index (χ0) is 22.2. The van der Waals surface area contributed by atoms with Gasteiger partial charge in [0.05, 0.1) is 10.6 Å². The molecule has 8 heteroatoms. The average Bonchev–Trinajstić information content (AvgIpc) is 3.12. The highest BCUT2D eigenvalue weighted by Gasteiger charge is 2.34. The maximum absolute atomic E-state index is 13.1. The average molecular weight is 457 g/mol. The van der Waals surface area contributed by atoms with Crippen molar-refractivity contribution in [3.05, 3.63) is 89.2 Å². The Bertz CT molecular complexity index is 1240. The van der Waals surface area contributed by atoms with Gasteiger partial charge in [-0.15, -0.1) is 11.8 Å². The lowest BCUT2D eigenvalue weighted by atomic mass is 10.1. The van der Waals surface area contributed by atoms with E-state index in [0.29, 0.717) is 11.4 Å². The largest absolute Gasteiger partial charge is 0.295 e. The van der Waals surface area contributed by atoms with Crippen molar-refractivity contribution < 1.29 is 17.6 Å². The van der Waals surface area contributed by atoms with Crippen LogP contribution in [0.2, 0.25) is 0 Å². The molecule has 1 N–H and O–H groups in total. The normalized spacial score (nSPS) is 16.5. The second kappa shape index (κ2) is 8.36. The van der Waals surface area contributed by atoms with E-state index in [4.69, 9.17) is 0 Å². The topological polar surface area (TPSA) is 66.5 Å². The minimum Gasteiger partial charge on any atom is -0.295 e. The summed E-state index contributed by atoms with van der Waals surface area (Å²) in [4.78, 5) is 14.4. The van der Waals surface area contributed by atoms with E-state index in [-0.39, 0.29) is 16.2 Å². The molecule has 1 amide bonds. The van der Waals surface area contributed by atoms with Crippen LogP contribution in [0.5, 0.6) is 0 Å². The molecule has 0 saturated carbocycles. The molecule has 5 nitrogen and oxygen atoms in total. The Kier molecular flexibility index (Phi) is 5.77. The summed E-state index contributed by atoms with van der Waals surface area (Å²) in [5.41, 5.74) is 4.26. The number of anilines is 2. The van der Waals surface area contributed by atoms with Gasteiger partial charge >= 0.3 is 0 Å². The molecule has 0 radical (unpaired) electrons. The predicted molar refractivity (Wildman–Crippen MR) is 122 cm³/mol. The molecule has 1 fully saturated rings. The molecular formula is C23H21FN2O3S2. The Labute approximate surface area is 185 Å². The molecule has 0 aromatic heterocycles. The Morgan fingerprint density at radius 3 is 2.45 bits per heavy atom. The van der Waals surface area contributed by atoms with E-state index < -0.39 is 15.8 Å². The van der Waals surface area contributed by atoms with Gasteiger partial charge in [0.2, 0.25) is 5.91 Å². The summed E-state index contributed by atoms with van der Waals surface area (Å²) in [7, 11) is -3.86. The molecule has 3 aromatic carbocycles. The molecule has 1 aliphatic rings. The molecule has 3 aromatic rings. The van der Waals surface area contributed by atoms with Gasteiger partial charge in [-0.05, 0) is 79.1 Å². The minimum absolute atomic E-state index is 0.00977. The number of nitrogens with one attached hydrogen (secondary N) is 1. The fourth-order valence-corrected chi connectivity index (χ4v) is 5.63. The summed E-state index contributed by atoms with van der Waals surface area (Å²) < 4.78 is 41.0. The number of nitrogens with zero attached hydrogens (tertiary/aromatic N) is 1. The van der Waals surface area contributed by atoms with Crippen molar-refractivity contribution in [3.8, 4) is 0 Å². The highest BCUT2D eigenvalue weighted by Crippen LogP contribution is 2.42. The Morgan fingerprint density at radius 1 is 1.00 bits per heavy atom.